The van der Waals surface area contributed by atoms with Crippen LogP contribution in [0.4, 0.5) is 13.2 Å². The first-order valence-corrected chi connectivity index (χ1v) is 5.07. The van der Waals surface area contributed by atoms with E-state index in [-0.39, 0.29) is 5.88 Å². The first-order chi connectivity index (χ1) is 8.50. The van der Waals surface area contributed by atoms with Gasteiger partial charge in [0.15, 0.2) is 0 Å². The van der Waals surface area contributed by atoms with Crippen molar-refractivity contribution in [3.63, 3.8) is 0 Å². The first-order valence-electron chi connectivity index (χ1n) is 5.07. The van der Waals surface area contributed by atoms with E-state index in [9.17, 15) is 13.2 Å². The third-order valence-corrected chi connectivity index (χ3v) is 2.33. The molecule has 7 heteroatoms. The molecule has 2 rings (SSSR count). The third kappa shape index (κ3) is 2.61. The molecular weight excluding hydrogens is 247 g/mol. The highest BCUT2D eigenvalue weighted by atomic mass is 19.4. The lowest BCUT2D eigenvalue weighted by molar-refractivity contribution is -0.141. The van der Waals surface area contributed by atoms with Crippen molar-refractivity contribution < 1.29 is 17.9 Å². The summed E-state index contributed by atoms with van der Waals surface area (Å²) in [6.45, 7) is 0.355. The van der Waals surface area contributed by atoms with Crippen LogP contribution in [-0.2, 0) is 12.7 Å². The molecule has 0 aliphatic heterocycles. The van der Waals surface area contributed by atoms with Gasteiger partial charge in [-0.25, -0.2) is 9.97 Å². The Kier molecular flexibility index (Phi) is 3.22. The molecule has 2 aromatic heterocycles. The van der Waals surface area contributed by atoms with Crippen LogP contribution in [0.15, 0.2) is 30.9 Å². The van der Waals surface area contributed by atoms with Crippen molar-refractivity contribution in [1.29, 1.82) is 0 Å². The van der Waals surface area contributed by atoms with Crippen LogP contribution < -0.4 is 4.74 Å². The number of aromatic nitrogens is 3. The Morgan fingerprint density at radius 2 is 2.11 bits per heavy atom. The molecule has 96 valence electrons. The van der Waals surface area contributed by atoms with Gasteiger partial charge in [0.05, 0.1) is 20.0 Å². The lowest BCUT2D eigenvalue weighted by Crippen LogP contribution is -2.10. The molecule has 0 aromatic carbocycles. The average Bonchev–Trinajstić information content (AvgIpc) is 2.81. The largest absolute Gasteiger partial charge is 0.481 e. The molecule has 0 amide bonds. The van der Waals surface area contributed by atoms with E-state index < -0.39 is 11.9 Å². The maximum atomic E-state index is 12.5. The fraction of sp³-hybridized carbons (Fsp3) is 0.273. The second-order valence-electron chi connectivity index (χ2n) is 3.60. The Labute approximate surface area is 101 Å². The molecule has 0 bridgehead atoms. The van der Waals surface area contributed by atoms with Crippen LogP contribution in [0.1, 0.15) is 11.3 Å². The van der Waals surface area contributed by atoms with Gasteiger partial charge in [0.25, 0.3) is 0 Å². The number of rotatable bonds is 3. The van der Waals surface area contributed by atoms with E-state index in [0.717, 1.165) is 6.07 Å². The molecule has 2 heterocycles. The second-order valence-corrected chi connectivity index (χ2v) is 3.60. The maximum absolute atomic E-state index is 12.5. The highest BCUT2D eigenvalue weighted by Crippen LogP contribution is 2.30. The van der Waals surface area contributed by atoms with E-state index in [4.69, 9.17) is 4.74 Å². The molecule has 0 fully saturated rings. The average molecular weight is 257 g/mol. The number of halogens is 3. The van der Waals surface area contributed by atoms with Gasteiger partial charge in [-0.1, -0.05) is 0 Å². The van der Waals surface area contributed by atoms with Crippen LogP contribution in [0.2, 0.25) is 0 Å². The third-order valence-electron chi connectivity index (χ3n) is 2.33. The quantitative estimate of drug-likeness (QED) is 0.847. The minimum atomic E-state index is -4.47. The molecule has 0 saturated heterocycles. The normalized spacial score (nSPS) is 11.6. The van der Waals surface area contributed by atoms with Gasteiger partial charge >= 0.3 is 6.18 Å². The van der Waals surface area contributed by atoms with E-state index in [0.29, 0.717) is 12.1 Å². The van der Waals surface area contributed by atoms with E-state index in [1.54, 1.807) is 23.3 Å². The van der Waals surface area contributed by atoms with E-state index in [1.165, 1.54) is 13.2 Å². The Morgan fingerprint density at radius 1 is 1.33 bits per heavy atom. The number of hydrogen-bond acceptors (Lipinski definition) is 3. The van der Waals surface area contributed by atoms with Gasteiger partial charge in [0.1, 0.15) is 5.69 Å². The first kappa shape index (κ1) is 12.4. The fourth-order valence-electron chi connectivity index (χ4n) is 1.50. The molecule has 0 atom stereocenters. The van der Waals surface area contributed by atoms with Gasteiger partial charge in [0, 0.05) is 18.0 Å². The summed E-state index contributed by atoms with van der Waals surface area (Å²) in [6.07, 6.45) is 0.388. The molecule has 0 saturated carbocycles. The number of methoxy groups -OCH3 is 1. The summed E-state index contributed by atoms with van der Waals surface area (Å²) in [4.78, 5) is 7.31. The Balaban J connectivity index is 2.32. The zero-order chi connectivity index (χ0) is 13.2. The topological polar surface area (TPSA) is 39.9 Å². The zero-order valence-electron chi connectivity index (χ0n) is 9.48. The second kappa shape index (κ2) is 4.67. The van der Waals surface area contributed by atoms with Crippen LogP contribution >= 0.6 is 0 Å². The minimum absolute atomic E-state index is 0.0291. The van der Waals surface area contributed by atoms with Gasteiger partial charge in [-0.05, 0) is 12.1 Å². The van der Waals surface area contributed by atoms with Gasteiger partial charge in [-0.3, -0.25) is 0 Å². The minimum Gasteiger partial charge on any atom is -0.481 e. The van der Waals surface area contributed by atoms with Gasteiger partial charge in [-0.2, -0.15) is 13.2 Å². The van der Waals surface area contributed by atoms with Crippen molar-refractivity contribution in [3.05, 3.63) is 42.1 Å². The smallest absolute Gasteiger partial charge is 0.433 e. The number of ether oxygens (including phenoxy) is 1. The number of hydrogen-bond donors (Lipinski definition) is 0. The summed E-state index contributed by atoms with van der Waals surface area (Å²) in [5.74, 6) is -0.0291. The monoisotopic (exact) mass is 257 g/mol. The van der Waals surface area contributed by atoms with Crippen LogP contribution in [0.25, 0.3) is 0 Å². The van der Waals surface area contributed by atoms with Crippen molar-refractivity contribution in [2.75, 3.05) is 7.11 Å². The van der Waals surface area contributed by atoms with E-state index >= 15 is 0 Å². The van der Waals surface area contributed by atoms with Crippen molar-refractivity contribution >= 4 is 0 Å². The summed E-state index contributed by atoms with van der Waals surface area (Å²) in [7, 11) is 1.29. The molecule has 0 unspecified atom stereocenters. The number of imidazole rings is 1. The molecule has 0 radical (unpaired) electrons. The van der Waals surface area contributed by atoms with E-state index in [1.807, 2.05) is 0 Å². The molecule has 0 aliphatic rings. The molecule has 0 N–H and O–H groups in total. The number of nitrogens with zero attached hydrogens (tertiary/aromatic N) is 3. The fourth-order valence-corrected chi connectivity index (χ4v) is 1.50. The Hall–Kier alpha value is -2.05. The molecular formula is C11H10F3N3O. The van der Waals surface area contributed by atoms with Gasteiger partial charge in [-0.15, -0.1) is 0 Å². The maximum Gasteiger partial charge on any atom is 0.433 e. The Morgan fingerprint density at radius 3 is 2.67 bits per heavy atom. The standard InChI is InChI=1S/C11H10F3N3O/c1-18-10-8(6-17-5-4-15-7-17)2-3-9(16-10)11(12,13)14/h2-5,7H,6H2,1H3. The van der Waals surface area contributed by atoms with Crippen molar-refractivity contribution in [2.24, 2.45) is 0 Å². The van der Waals surface area contributed by atoms with Crippen LogP contribution in [0.5, 0.6) is 5.88 Å². The van der Waals surface area contributed by atoms with Gasteiger partial charge < -0.3 is 9.30 Å². The summed E-state index contributed by atoms with van der Waals surface area (Å²) < 4.78 is 44.0. The summed E-state index contributed by atoms with van der Waals surface area (Å²) in [5.41, 5.74) is -0.405. The zero-order valence-corrected chi connectivity index (χ0v) is 9.48. The predicted molar refractivity (Wildman–Crippen MR) is 57.1 cm³/mol. The highest BCUT2D eigenvalue weighted by Gasteiger charge is 2.33. The SMILES string of the molecule is COc1nc(C(F)(F)F)ccc1Cn1ccnc1. The predicted octanol–water partition coefficient (Wildman–Crippen LogP) is 2.35. The highest BCUT2D eigenvalue weighted by molar-refractivity contribution is 5.29. The summed E-state index contributed by atoms with van der Waals surface area (Å²) in [5, 5.41) is 0. The van der Waals surface area contributed by atoms with Gasteiger partial charge in [0.2, 0.25) is 5.88 Å². The molecule has 18 heavy (non-hydrogen) atoms. The molecule has 2 aromatic rings. The van der Waals surface area contributed by atoms with Crippen molar-refractivity contribution in [1.82, 2.24) is 14.5 Å². The lowest BCUT2D eigenvalue weighted by atomic mass is 10.2. The Bertz CT molecular complexity index is 523. The van der Waals surface area contributed by atoms with Crippen molar-refractivity contribution in [2.45, 2.75) is 12.7 Å². The van der Waals surface area contributed by atoms with Crippen LogP contribution in [-0.4, -0.2) is 21.6 Å². The number of alkyl halides is 3. The summed E-state index contributed by atoms with van der Waals surface area (Å²) in [6, 6.07) is 2.30. The van der Waals surface area contributed by atoms with Crippen LogP contribution in [0.3, 0.4) is 0 Å². The lowest BCUT2D eigenvalue weighted by Gasteiger charge is -2.11. The molecule has 0 aliphatic carbocycles. The number of pyridine rings is 1. The van der Waals surface area contributed by atoms with Crippen LogP contribution in [0, 0.1) is 0 Å². The molecule has 4 nitrogen and oxygen atoms in total. The van der Waals surface area contributed by atoms with E-state index in [2.05, 4.69) is 9.97 Å². The molecule has 0 spiro atoms. The summed E-state index contributed by atoms with van der Waals surface area (Å²) >= 11 is 0. The van der Waals surface area contributed by atoms with Crippen molar-refractivity contribution in [3.8, 4) is 5.88 Å².